The van der Waals surface area contributed by atoms with Gasteiger partial charge in [-0.25, -0.2) is 4.79 Å². The highest BCUT2D eigenvalue weighted by Gasteiger charge is 2.15. The van der Waals surface area contributed by atoms with Gasteiger partial charge in [-0.2, -0.15) is 4.39 Å². The number of carboxylic acids is 1. The number of hydrogen-bond acceptors (Lipinski definition) is 5. The van der Waals surface area contributed by atoms with E-state index in [0.29, 0.717) is 5.56 Å². The Bertz CT molecular complexity index is 713. The van der Waals surface area contributed by atoms with Crippen molar-refractivity contribution < 1.29 is 24.0 Å². The van der Waals surface area contributed by atoms with Crippen molar-refractivity contribution >= 4 is 23.0 Å². The topological polar surface area (TPSA) is 89.7 Å². The van der Waals surface area contributed by atoms with E-state index in [1.807, 2.05) is 0 Å². The number of thiophene rings is 1. The monoisotopic (exact) mass is 311 g/mol. The molecule has 0 bridgehead atoms. The Morgan fingerprint density at radius 2 is 2.19 bits per heavy atom. The highest BCUT2D eigenvalue weighted by atomic mass is 32.1. The molecule has 2 rings (SSSR count). The molecule has 0 fully saturated rings. The molecule has 21 heavy (non-hydrogen) atoms. The first kappa shape index (κ1) is 14.9. The van der Waals surface area contributed by atoms with Crippen molar-refractivity contribution in [1.29, 1.82) is 0 Å². The molecule has 0 aliphatic carbocycles. The van der Waals surface area contributed by atoms with Crippen LogP contribution in [0.25, 0.3) is 0 Å². The Morgan fingerprint density at radius 1 is 1.48 bits per heavy atom. The summed E-state index contributed by atoms with van der Waals surface area (Å²) < 4.78 is 18.8. The number of nitro groups is 1. The van der Waals surface area contributed by atoms with Crippen molar-refractivity contribution in [3.8, 4) is 5.75 Å². The Kier molecular flexibility index (Phi) is 4.18. The second-order valence-electron chi connectivity index (χ2n) is 4.16. The molecule has 2 aromatic rings. The summed E-state index contributed by atoms with van der Waals surface area (Å²) in [6.07, 6.45) is 0. The molecule has 0 saturated heterocycles. The molecule has 0 amide bonds. The predicted molar refractivity (Wildman–Crippen MR) is 73.4 cm³/mol. The molecular formula is C13H10FNO5S. The van der Waals surface area contributed by atoms with E-state index in [9.17, 15) is 19.3 Å². The van der Waals surface area contributed by atoms with Gasteiger partial charge in [0.15, 0.2) is 0 Å². The molecule has 1 aromatic carbocycles. The number of benzene rings is 1. The van der Waals surface area contributed by atoms with Crippen molar-refractivity contribution in [2.24, 2.45) is 0 Å². The lowest BCUT2D eigenvalue weighted by molar-refractivity contribution is -0.387. The normalized spacial score (nSPS) is 10.4. The zero-order valence-corrected chi connectivity index (χ0v) is 11.6. The molecule has 0 atom stereocenters. The van der Waals surface area contributed by atoms with Crippen LogP contribution < -0.4 is 4.74 Å². The smallest absolute Gasteiger partial charge is 0.345 e. The Morgan fingerprint density at radius 3 is 2.71 bits per heavy atom. The second-order valence-corrected chi connectivity index (χ2v) is 5.41. The lowest BCUT2D eigenvalue weighted by Crippen LogP contribution is -1.98. The molecule has 0 aliphatic heterocycles. The minimum Gasteiger partial charge on any atom is -0.489 e. The SMILES string of the molecule is Cc1sc(C(=O)O)cc1COc1ccc([N+](=O)[O-])c(F)c1. The summed E-state index contributed by atoms with van der Waals surface area (Å²) in [6, 6.07) is 4.73. The standard InChI is InChI=1S/C13H10FNO5S/c1-7-8(4-12(21-7)13(16)17)6-20-9-2-3-11(15(18)19)10(14)5-9/h2-5H,6H2,1H3,(H,16,17). The van der Waals surface area contributed by atoms with E-state index in [4.69, 9.17) is 9.84 Å². The van der Waals surface area contributed by atoms with Crippen LogP contribution in [-0.4, -0.2) is 16.0 Å². The highest BCUT2D eigenvalue weighted by molar-refractivity contribution is 7.14. The quantitative estimate of drug-likeness (QED) is 0.675. The molecule has 0 radical (unpaired) electrons. The zero-order chi connectivity index (χ0) is 15.6. The lowest BCUT2D eigenvalue weighted by Gasteiger charge is -2.05. The van der Waals surface area contributed by atoms with Gasteiger partial charge < -0.3 is 9.84 Å². The molecule has 1 N–H and O–H groups in total. The first-order valence-corrected chi connectivity index (χ1v) is 6.59. The van der Waals surface area contributed by atoms with E-state index in [1.54, 1.807) is 6.92 Å². The number of rotatable bonds is 5. The van der Waals surface area contributed by atoms with Gasteiger partial charge in [-0.05, 0) is 19.1 Å². The summed E-state index contributed by atoms with van der Waals surface area (Å²) in [4.78, 5) is 21.5. The second kappa shape index (κ2) is 5.88. The molecule has 0 aliphatic rings. The van der Waals surface area contributed by atoms with E-state index in [1.165, 1.54) is 12.1 Å². The third-order valence-corrected chi connectivity index (χ3v) is 3.82. The fraction of sp³-hybridized carbons (Fsp3) is 0.154. The molecule has 1 heterocycles. The van der Waals surface area contributed by atoms with Crippen LogP contribution in [0.1, 0.15) is 20.1 Å². The molecule has 0 spiro atoms. The van der Waals surface area contributed by atoms with E-state index >= 15 is 0 Å². The fourth-order valence-corrected chi connectivity index (χ4v) is 2.52. The van der Waals surface area contributed by atoms with Crippen LogP contribution in [-0.2, 0) is 6.61 Å². The minimum absolute atomic E-state index is 0.0624. The lowest BCUT2D eigenvalue weighted by atomic mass is 10.2. The van der Waals surface area contributed by atoms with Gasteiger partial charge in [0.2, 0.25) is 5.82 Å². The van der Waals surface area contributed by atoms with Gasteiger partial charge in [0.1, 0.15) is 17.2 Å². The number of nitro benzene ring substituents is 1. The maximum atomic E-state index is 13.4. The maximum Gasteiger partial charge on any atom is 0.345 e. The Balaban J connectivity index is 2.11. The van der Waals surface area contributed by atoms with Crippen molar-refractivity contribution in [3.05, 3.63) is 55.5 Å². The van der Waals surface area contributed by atoms with Crippen molar-refractivity contribution in [2.45, 2.75) is 13.5 Å². The van der Waals surface area contributed by atoms with Gasteiger partial charge in [-0.1, -0.05) is 0 Å². The van der Waals surface area contributed by atoms with Crippen LogP contribution in [0, 0.1) is 22.9 Å². The molecule has 110 valence electrons. The molecule has 0 saturated carbocycles. The molecule has 8 heteroatoms. The summed E-state index contributed by atoms with van der Waals surface area (Å²) in [6.45, 7) is 1.82. The molecule has 0 unspecified atom stereocenters. The predicted octanol–water partition coefficient (Wildman–Crippen LogP) is 3.38. The molecule has 1 aromatic heterocycles. The van der Waals surface area contributed by atoms with E-state index in [2.05, 4.69) is 0 Å². The number of hydrogen-bond donors (Lipinski definition) is 1. The summed E-state index contributed by atoms with van der Waals surface area (Å²) in [7, 11) is 0. The minimum atomic E-state index is -1.02. The van der Waals surface area contributed by atoms with E-state index in [0.717, 1.165) is 28.3 Å². The van der Waals surface area contributed by atoms with E-state index in [-0.39, 0.29) is 17.2 Å². The zero-order valence-electron chi connectivity index (χ0n) is 10.8. The van der Waals surface area contributed by atoms with Gasteiger partial charge in [0, 0.05) is 22.6 Å². The number of aromatic carboxylic acids is 1. The highest BCUT2D eigenvalue weighted by Crippen LogP contribution is 2.25. The van der Waals surface area contributed by atoms with Gasteiger partial charge in [0.05, 0.1) is 4.92 Å². The van der Waals surface area contributed by atoms with Crippen LogP contribution in [0.2, 0.25) is 0 Å². The number of aryl methyl sites for hydroxylation is 1. The van der Waals surface area contributed by atoms with Crippen LogP contribution in [0.4, 0.5) is 10.1 Å². The number of ether oxygens (including phenoxy) is 1. The fourth-order valence-electron chi connectivity index (χ4n) is 1.66. The third-order valence-electron chi connectivity index (χ3n) is 2.74. The maximum absolute atomic E-state index is 13.4. The van der Waals surface area contributed by atoms with E-state index < -0.39 is 22.4 Å². The van der Waals surface area contributed by atoms with Gasteiger partial charge in [-0.15, -0.1) is 11.3 Å². The van der Waals surface area contributed by atoms with Gasteiger partial charge in [-0.3, -0.25) is 10.1 Å². The number of carboxylic acid groups (broad SMARTS) is 1. The first-order valence-electron chi connectivity index (χ1n) is 5.78. The number of nitrogens with zero attached hydrogens (tertiary/aromatic N) is 1. The number of halogens is 1. The first-order chi connectivity index (χ1) is 9.88. The third kappa shape index (κ3) is 3.34. The summed E-state index contributed by atoms with van der Waals surface area (Å²) in [5.74, 6) is -1.86. The van der Waals surface area contributed by atoms with Crippen LogP contribution >= 0.6 is 11.3 Å². The average molecular weight is 311 g/mol. The van der Waals surface area contributed by atoms with Gasteiger partial charge in [0.25, 0.3) is 0 Å². The summed E-state index contributed by atoms with van der Waals surface area (Å²) >= 11 is 1.12. The average Bonchev–Trinajstić information content (AvgIpc) is 2.77. The molecular weight excluding hydrogens is 301 g/mol. The largest absolute Gasteiger partial charge is 0.489 e. The van der Waals surface area contributed by atoms with Crippen molar-refractivity contribution in [1.82, 2.24) is 0 Å². The van der Waals surface area contributed by atoms with Gasteiger partial charge >= 0.3 is 11.7 Å². The summed E-state index contributed by atoms with van der Waals surface area (Å²) in [5.41, 5.74) is 0.0541. The van der Waals surface area contributed by atoms with Crippen LogP contribution in [0.5, 0.6) is 5.75 Å². The van der Waals surface area contributed by atoms with Crippen molar-refractivity contribution in [2.75, 3.05) is 0 Å². The summed E-state index contributed by atoms with van der Waals surface area (Å²) in [5, 5.41) is 19.4. The molecule has 6 nitrogen and oxygen atoms in total. The number of carbonyl (C=O) groups is 1. The van der Waals surface area contributed by atoms with Crippen LogP contribution in [0.3, 0.4) is 0 Å². The Labute approximate surface area is 122 Å². The van der Waals surface area contributed by atoms with Crippen LogP contribution in [0.15, 0.2) is 24.3 Å². The van der Waals surface area contributed by atoms with Crippen molar-refractivity contribution in [3.63, 3.8) is 0 Å². The Hall–Kier alpha value is -2.48.